The zero-order valence-corrected chi connectivity index (χ0v) is 17.9. The zero-order chi connectivity index (χ0) is 23.5. The topological polar surface area (TPSA) is 87.7 Å². The molecule has 3 aromatic carbocycles. The van der Waals surface area contributed by atoms with E-state index in [0.717, 1.165) is 4.90 Å². The van der Waals surface area contributed by atoms with Gasteiger partial charge in [-0.2, -0.15) is 0 Å². The summed E-state index contributed by atoms with van der Waals surface area (Å²) in [5.41, 5.74) is 2.05. The van der Waals surface area contributed by atoms with Crippen LogP contribution in [0.4, 0.5) is 21.5 Å². The molecule has 0 fully saturated rings. The lowest BCUT2D eigenvalue weighted by atomic mass is 10.0. The summed E-state index contributed by atoms with van der Waals surface area (Å²) in [6.45, 7) is 1.40. The molecule has 2 N–H and O–H groups in total. The van der Waals surface area contributed by atoms with Crippen LogP contribution >= 0.6 is 0 Å². The van der Waals surface area contributed by atoms with Crippen LogP contribution < -0.4 is 20.3 Å². The van der Waals surface area contributed by atoms with E-state index in [0.29, 0.717) is 28.4 Å². The molecule has 1 aliphatic heterocycles. The van der Waals surface area contributed by atoms with Gasteiger partial charge in [-0.25, -0.2) is 9.29 Å². The Balaban J connectivity index is 1.75. The number of nitrogens with zero attached hydrogens (tertiary/aromatic N) is 1. The van der Waals surface area contributed by atoms with Crippen molar-refractivity contribution in [3.05, 3.63) is 89.9 Å². The third-order valence-electron chi connectivity index (χ3n) is 5.00. The van der Waals surface area contributed by atoms with Crippen LogP contribution in [0.2, 0.25) is 0 Å². The highest BCUT2D eigenvalue weighted by Gasteiger charge is 2.40. The molecule has 0 unspecified atom stereocenters. The summed E-state index contributed by atoms with van der Waals surface area (Å²) in [5, 5.41) is 5.69. The van der Waals surface area contributed by atoms with Crippen molar-refractivity contribution in [2.24, 2.45) is 0 Å². The lowest BCUT2D eigenvalue weighted by Gasteiger charge is -2.16. The minimum absolute atomic E-state index is 0.0571. The van der Waals surface area contributed by atoms with Crippen LogP contribution in [0.25, 0.3) is 5.57 Å². The molecule has 1 aliphatic rings. The number of carbonyl (C=O) groups is 3. The minimum Gasteiger partial charge on any atom is -0.497 e. The Morgan fingerprint density at radius 1 is 0.909 bits per heavy atom. The molecule has 0 spiro atoms. The Morgan fingerprint density at radius 3 is 2.21 bits per heavy atom. The first-order valence-corrected chi connectivity index (χ1v) is 10.0. The molecule has 0 aliphatic carbocycles. The summed E-state index contributed by atoms with van der Waals surface area (Å²) in [6.07, 6.45) is 0. The third-order valence-corrected chi connectivity index (χ3v) is 5.00. The van der Waals surface area contributed by atoms with E-state index in [-0.39, 0.29) is 17.2 Å². The molecule has 8 heteroatoms. The van der Waals surface area contributed by atoms with Gasteiger partial charge in [0.2, 0.25) is 5.91 Å². The van der Waals surface area contributed by atoms with Crippen LogP contribution in [0.5, 0.6) is 5.75 Å². The van der Waals surface area contributed by atoms with Gasteiger partial charge in [0.25, 0.3) is 11.8 Å². The number of benzene rings is 3. The molecule has 0 atom stereocenters. The molecule has 7 nitrogen and oxygen atoms in total. The molecule has 0 radical (unpaired) electrons. The molecule has 0 aromatic heterocycles. The summed E-state index contributed by atoms with van der Waals surface area (Å²) in [4.78, 5) is 39.1. The van der Waals surface area contributed by atoms with Gasteiger partial charge in [0.05, 0.1) is 18.4 Å². The van der Waals surface area contributed by atoms with Crippen molar-refractivity contribution in [2.45, 2.75) is 6.92 Å². The maximum atomic E-state index is 13.5. The predicted molar refractivity (Wildman–Crippen MR) is 123 cm³/mol. The summed E-state index contributed by atoms with van der Waals surface area (Å²) >= 11 is 0. The Kier molecular flexibility index (Phi) is 5.91. The molecule has 0 saturated carbocycles. The van der Waals surface area contributed by atoms with E-state index in [4.69, 9.17) is 4.74 Å². The van der Waals surface area contributed by atoms with Gasteiger partial charge in [0.15, 0.2) is 0 Å². The zero-order valence-electron chi connectivity index (χ0n) is 17.9. The number of imide groups is 1. The Labute approximate surface area is 189 Å². The number of halogens is 1. The van der Waals surface area contributed by atoms with Crippen molar-refractivity contribution in [1.82, 2.24) is 0 Å². The number of nitrogens with one attached hydrogen (secondary N) is 2. The van der Waals surface area contributed by atoms with E-state index < -0.39 is 17.6 Å². The molecular weight excluding hydrogens is 425 g/mol. The number of hydrogen-bond donors (Lipinski definition) is 2. The molecule has 1 heterocycles. The molecule has 3 aromatic rings. The summed E-state index contributed by atoms with van der Waals surface area (Å²) in [7, 11) is 1.49. The monoisotopic (exact) mass is 445 g/mol. The van der Waals surface area contributed by atoms with E-state index in [1.54, 1.807) is 48.5 Å². The second kappa shape index (κ2) is 8.96. The number of methoxy groups -OCH3 is 1. The molecule has 3 amide bonds. The van der Waals surface area contributed by atoms with E-state index in [9.17, 15) is 18.8 Å². The fourth-order valence-corrected chi connectivity index (χ4v) is 3.50. The van der Waals surface area contributed by atoms with Gasteiger partial charge in [0, 0.05) is 24.4 Å². The number of rotatable bonds is 6. The fraction of sp³-hybridized carbons (Fsp3) is 0.0800. The van der Waals surface area contributed by atoms with Crippen molar-refractivity contribution in [2.75, 3.05) is 22.6 Å². The van der Waals surface area contributed by atoms with E-state index in [1.165, 1.54) is 38.3 Å². The van der Waals surface area contributed by atoms with E-state index >= 15 is 0 Å². The first-order valence-electron chi connectivity index (χ1n) is 10.0. The first-order chi connectivity index (χ1) is 15.9. The van der Waals surface area contributed by atoms with Crippen molar-refractivity contribution in [3.8, 4) is 5.75 Å². The minimum atomic E-state index is -0.557. The molecule has 0 saturated heterocycles. The summed E-state index contributed by atoms with van der Waals surface area (Å²) < 4.78 is 18.7. The largest absolute Gasteiger partial charge is 0.497 e. The van der Waals surface area contributed by atoms with Gasteiger partial charge >= 0.3 is 0 Å². The van der Waals surface area contributed by atoms with Gasteiger partial charge in [-0.05, 0) is 54.1 Å². The molecule has 33 heavy (non-hydrogen) atoms. The Morgan fingerprint density at radius 2 is 1.58 bits per heavy atom. The maximum Gasteiger partial charge on any atom is 0.282 e. The van der Waals surface area contributed by atoms with Crippen LogP contribution in [-0.4, -0.2) is 24.8 Å². The maximum absolute atomic E-state index is 13.5. The number of ether oxygens (including phenoxy) is 1. The van der Waals surface area contributed by atoms with Crippen molar-refractivity contribution < 1.29 is 23.5 Å². The van der Waals surface area contributed by atoms with Crippen molar-refractivity contribution in [3.63, 3.8) is 0 Å². The number of amides is 3. The molecule has 0 bridgehead atoms. The lowest BCUT2D eigenvalue weighted by Crippen LogP contribution is -2.32. The average molecular weight is 445 g/mol. The normalized spacial score (nSPS) is 13.4. The molecule has 4 rings (SSSR count). The number of anilines is 3. The van der Waals surface area contributed by atoms with Gasteiger partial charge in [-0.1, -0.05) is 18.2 Å². The quantitative estimate of drug-likeness (QED) is 0.556. The molecular formula is C25H20FN3O4. The highest BCUT2D eigenvalue weighted by atomic mass is 19.1. The Hall–Kier alpha value is -4.46. The van der Waals surface area contributed by atoms with Gasteiger partial charge in [-0.3, -0.25) is 14.4 Å². The molecule has 166 valence electrons. The second-order valence-electron chi connectivity index (χ2n) is 7.29. The highest BCUT2D eigenvalue weighted by molar-refractivity contribution is 6.46. The SMILES string of the molecule is COc1cccc(N2C(=O)C(Nc3ccc(NC(C)=O)cc3)=C(c3ccc(F)cc3)C2=O)c1. The summed E-state index contributed by atoms with van der Waals surface area (Å²) in [5.74, 6) is -1.27. The summed E-state index contributed by atoms with van der Waals surface area (Å²) in [6, 6.07) is 18.7. The fourth-order valence-electron chi connectivity index (χ4n) is 3.50. The van der Waals surface area contributed by atoms with Crippen LogP contribution in [0, 0.1) is 5.82 Å². The smallest absolute Gasteiger partial charge is 0.282 e. The van der Waals surface area contributed by atoms with Crippen LogP contribution in [0.15, 0.2) is 78.5 Å². The third kappa shape index (κ3) is 4.45. The lowest BCUT2D eigenvalue weighted by molar-refractivity contribution is -0.120. The van der Waals surface area contributed by atoms with Crippen molar-refractivity contribution >= 4 is 40.4 Å². The second-order valence-corrected chi connectivity index (χ2v) is 7.29. The van der Waals surface area contributed by atoms with E-state index in [1.807, 2.05) is 0 Å². The Bertz CT molecular complexity index is 1270. The van der Waals surface area contributed by atoms with Crippen LogP contribution in [0.1, 0.15) is 12.5 Å². The standard InChI is InChI=1S/C25H20FN3O4/c1-15(30)27-18-10-12-19(13-11-18)28-23-22(16-6-8-17(26)9-7-16)24(31)29(25(23)32)20-4-3-5-21(14-20)33-2/h3-14,28H,1-2H3,(H,27,30). The first kappa shape index (κ1) is 21.8. The average Bonchev–Trinajstić information content (AvgIpc) is 3.04. The van der Waals surface area contributed by atoms with Crippen molar-refractivity contribution in [1.29, 1.82) is 0 Å². The van der Waals surface area contributed by atoms with Gasteiger partial charge in [-0.15, -0.1) is 0 Å². The van der Waals surface area contributed by atoms with Crippen LogP contribution in [-0.2, 0) is 14.4 Å². The number of hydrogen-bond acceptors (Lipinski definition) is 5. The van der Waals surface area contributed by atoms with Crippen LogP contribution in [0.3, 0.4) is 0 Å². The highest BCUT2D eigenvalue weighted by Crippen LogP contribution is 2.35. The number of carbonyl (C=O) groups excluding carboxylic acids is 3. The van der Waals surface area contributed by atoms with Gasteiger partial charge < -0.3 is 15.4 Å². The van der Waals surface area contributed by atoms with Gasteiger partial charge in [0.1, 0.15) is 17.3 Å². The predicted octanol–water partition coefficient (Wildman–Crippen LogP) is 4.19. The van der Waals surface area contributed by atoms with E-state index in [2.05, 4.69) is 10.6 Å².